The lowest BCUT2D eigenvalue weighted by Gasteiger charge is -2.14. The molecule has 0 radical (unpaired) electrons. The molecule has 6 heteroatoms. The van der Waals surface area contributed by atoms with E-state index < -0.39 is 0 Å². The lowest BCUT2D eigenvalue weighted by atomic mass is 9.94. The van der Waals surface area contributed by atoms with E-state index in [0.717, 1.165) is 78.6 Å². The molecule has 0 saturated carbocycles. The van der Waals surface area contributed by atoms with Gasteiger partial charge >= 0.3 is 0 Å². The Morgan fingerprint density at radius 2 is 1.41 bits per heavy atom. The minimum atomic E-state index is 0.736. The highest BCUT2D eigenvalue weighted by Gasteiger charge is 2.22. The molecular weight excluding hydrogens is 603 g/mol. The molecule has 0 N–H and O–H groups in total. The third kappa shape index (κ3) is 5.35. The van der Waals surface area contributed by atoms with Gasteiger partial charge in [0.1, 0.15) is 17.3 Å². The number of nitrogens with zero attached hydrogens (tertiary/aromatic N) is 5. The first-order valence-electron chi connectivity index (χ1n) is 16.6. The second-order valence-corrected chi connectivity index (χ2v) is 13.0. The number of benzene rings is 4. The maximum absolute atomic E-state index is 6.66. The van der Waals surface area contributed by atoms with E-state index in [9.17, 15) is 0 Å². The summed E-state index contributed by atoms with van der Waals surface area (Å²) in [6.07, 6.45) is 5.58. The molecule has 0 saturated heterocycles. The van der Waals surface area contributed by atoms with Crippen LogP contribution in [0.3, 0.4) is 0 Å². The van der Waals surface area contributed by atoms with Crippen LogP contribution in [0.15, 0.2) is 116 Å². The molecule has 0 aliphatic rings. The highest BCUT2D eigenvalue weighted by atomic mass is 16.5. The molecule has 0 atom stereocenters. The molecule has 4 aromatic carbocycles. The monoisotopic (exact) mass is 639 g/mol. The number of hydrogen-bond acceptors (Lipinski definition) is 4. The fraction of sp³-hybridized carbons (Fsp3) is 0.140. The molecule has 6 nitrogen and oxygen atoms in total. The Morgan fingerprint density at radius 1 is 0.612 bits per heavy atom. The second-order valence-electron chi connectivity index (χ2n) is 13.0. The van der Waals surface area contributed by atoms with Crippen molar-refractivity contribution in [2.24, 2.45) is 0 Å². The van der Waals surface area contributed by atoms with Gasteiger partial charge in [-0.15, -0.1) is 0 Å². The van der Waals surface area contributed by atoms with E-state index in [4.69, 9.17) is 14.8 Å². The van der Waals surface area contributed by atoms with Gasteiger partial charge in [0.2, 0.25) is 0 Å². The summed E-state index contributed by atoms with van der Waals surface area (Å²) in [7, 11) is 0. The fourth-order valence-electron chi connectivity index (χ4n) is 6.96. The molecule has 4 aromatic heterocycles. The summed E-state index contributed by atoms with van der Waals surface area (Å²) in [5.41, 5.74) is 14.3. The number of aromatic nitrogens is 5. The first-order chi connectivity index (χ1) is 23.7. The largest absolute Gasteiger partial charge is 0.457 e. The Hall–Kier alpha value is -6.01. The topological polar surface area (TPSA) is 57.8 Å². The fourth-order valence-corrected chi connectivity index (χ4v) is 6.96. The van der Waals surface area contributed by atoms with E-state index in [1.165, 1.54) is 22.1 Å². The molecule has 4 heterocycles. The molecule has 240 valence electrons. The Labute approximate surface area is 286 Å². The van der Waals surface area contributed by atoms with Crippen molar-refractivity contribution in [1.82, 2.24) is 24.3 Å². The molecule has 0 amide bonds. The van der Waals surface area contributed by atoms with Crippen molar-refractivity contribution in [2.45, 2.75) is 41.5 Å². The molecular formula is C43H37N5O. The van der Waals surface area contributed by atoms with Crippen molar-refractivity contribution in [2.75, 3.05) is 0 Å². The van der Waals surface area contributed by atoms with Crippen LogP contribution in [0.2, 0.25) is 0 Å². The number of ether oxygens (including phenoxy) is 1. The van der Waals surface area contributed by atoms with Crippen LogP contribution in [0.1, 0.15) is 33.5 Å². The summed E-state index contributed by atoms with van der Waals surface area (Å²) in [6, 6.07) is 33.8. The van der Waals surface area contributed by atoms with E-state index in [-0.39, 0.29) is 0 Å². The number of fused-ring (bicyclic) bond motifs is 3. The second kappa shape index (κ2) is 11.9. The van der Waals surface area contributed by atoms with Gasteiger partial charge in [-0.05, 0) is 130 Å². The Bertz CT molecular complexity index is 2520. The lowest BCUT2D eigenvalue weighted by Crippen LogP contribution is -2.01. The minimum Gasteiger partial charge on any atom is -0.457 e. The van der Waals surface area contributed by atoms with Crippen LogP contribution in [0.4, 0.5) is 0 Å². The maximum Gasteiger partial charge on any atom is 0.137 e. The molecule has 8 aromatic rings. The van der Waals surface area contributed by atoms with Crippen molar-refractivity contribution >= 4 is 21.8 Å². The average Bonchev–Trinajstić information content (AvgIpc) is 3.61. The third-order valence-electron chi connectivity index (χ3n) is 9.50. The van der Waals surface area contributed by atoms with Crippen molar-refractivity contribution in [3.8, 4) is 45.4 Å². The number of pyridine rings is 2. The summed E-state index contributed by atoms with van der Waals surface area (Å²) >= 11 is 0. The molecule has 8 rings (SSSR count). The zero-order valence-electron chi connectivity index (χ0n) is 28.6. The minimum absolute atomic E-state index is 0.736. The van der Waals surface area contributed by atoms with Gasteiger partial charge in [-0.25, -0.2) is 9.67 Å². The van der Waals surface area contributed by atoms with Crippen LogP contribution in [0, 0.1) is 41.5 Å². The molecule has 0 unspecified atom stereocenters. The van der Waals surface area contributed by atoms with Gasteiger partial charge in [0, 0.05) is 52.6 Å². The van der Waals surface area contributed by atoms with Crippen LogP contribution < -0.4 is 4.74 Å². The zero-order chi connectivity index (χ0) is 33.8. The first kappa shape index (κ1) is 30.3. The van der Waals surface area contributed by atoms with Gasteiger partial charge in [-0.2, -0.15) is 5.10 Å². The summed E-state index contributed by atoms with van der Waals surface area (Å²) in [4.78, 5) is 9.22. The molecule has 0 bridgehead atoms. The standard InChI is InChI=1S/C43H37N5O/c1-26-15-17-45-41(20-26)47-39-12-8-7-11-37(39)38-14-13-35(24-40(38)47)49-36-19-27(2)18-34(23-36)48-43(32-10-9-16-44-25-32)42(31(6)46-48)33-21-28(3)30(5)29(4)22-33/h7-25H,1-6H3. The van der Waals surface area contributed by atoms with E-state index >= 15 is 0 Å². The lowest BCUT2D eigenvalue weighted by molar-refractivity contribution is 0.482. The number of rotatable bonds is 6. The van der Waals surface area contributed by atoms with E-state index in [1.54, 1.807) is 6.20 Å². The van der Waals surface area contributed by atoms with Crippen molar-refractivity contribution in [1.29, 1.82) is 0 Å². The van der Waals surface area contributed by atoms with Gasteiger partial charge in [-0.1, -0.05) is 30.3 Å². The maximum atomic E-state index is 6.66. The number of aryl methyl sites for hydroxylation is 5. The Morgan fingerprint density at radius 3 is 2.18 bits per heavy atom. The molecule has 0 spiro atoms. The summed E-state index contributed by atoms with van der Waals surface area (Å²) in [5, 5.41) is 7.47. The average molecular weight is 640 g/mol. The van der Waals surface area contributed by atoms with Gasteiger partial charge in [0.15, 0.2) is 0 Å². The van der Waals surface area contributed by atoms with Crippen LogP contribution >= 0.6 is 0 Å². The smallest absolute Gasteiger partial charge is 0.137 e. The molecule has 0 aliphatic carbocycles. The van der Waals surface area contributed by atoms with Crippen molar-refractivity contribution < 1.29 is 4.74 Å². The van der Waals surface area contributed by atoms with Crippen LogP contribution in [0.25, 0.3) is 55.7 Å². The molecule has 0 fully saturated rings. The Kier molecular flexibility index (Phi) is 7.37. The number of para-hydroxylation sites is 1. The molecule has 0 aliphatic heterocycles. The van der Waals surface area contributed by atoms with Gasteiger partial charge in [0.25, 0.3) is 0 Å². The highest BCUT2D eigenvalue weighted by molar-refractivity contribution is 6.09. The SMILES string of the molecule is Cc1cc(Oc2ccc3c4ccccc4n(-c4cc(C)ccn4)c3c2)cc(-n2nc(C)c(-c3cc(C)c(C)c(C)c3)c2-c2cccnc2)c1. The predicted molar refractivity (Wildman–Crippen MR) is 199 cm³/mol. The first-order valence-corrected chi connectivity index (χ1v) is 16.6. The molecule has 49 heavy (non-hydrogen) atoms. The van der Waals surface area contributed by atoms with E-state index in [1.807, 2.05) is 35.3 Å². The van der Waals surface area contributed by atoms with Crippen molar-refractivity contribution in [3.63, 3.8) is 0 Å². The van der Waals surface area contributed by atoms with Crippen LogP contribution in [-0.2, 0) is 0 Å². The van der Waals surface area contributed by atoms with E-state index in [2.05, 4.69) is 130 Å². The zero-order valence-corrected chi connectivity index (χ0v) is 28.6. The van der Waals surface area contributed by atoms with Gasteiger partial charge < -0.3 is 4.74 Å². The van der Waals surface area contributed by atoms with Gasteiger partial charge in [0.05, 0.1) is 28.1 Å². The predicted octanol–water partition coefficient (Wildman–Crippen LogP) is 10.7. The summed E-state index contributed by atoms with van der Waals surface area (Å²) < 4.78 is 10.9. The van der Waals surface area contributed by atoms with Gasteiger partial charge in [-0.3, -0.25) is 9.55 Å². The summed E-state index contributed by atoms with van der Waals surface area (Å²) in [6.45, 7) is 12.8. The van der Waals surface area contributed by atoms with E-state index in [0.29, 0.717) is 0 Å². The number of hydrogen-bond donors (Lipinski definition) is 0. The normalized spacial score (nSPS) is 11.5. The van der Waals surface area contributed by atoms with Crippen molar-refractivity contribution in [3.05, 3.63) is 149 Å². The third-order valence-corrected chi connectivity index (χ3v) is 9.50. The summed E-state index contributed by atoms with van der Waals surface area (Å²) in [5.74, 6) is 2.36. The quantitative estimate of drug-likeness (QED) is 0.182. The Balaban J connectivity index is 1.26. The van der Waals surface area contributed by atoms with Crippen LogP contribution in [0.5, 0.6) is 11.5 Å². The highest BCUT2D eigenvalue weighted by Crippen LogP contribution is 2.39. The van der Waals surface area contributed by atoms with Crippen LogP contribution in [-0.4, -0.2) is 24.3 Å².